The van der Waals surface area contributed by atoms with Crippen molar-refractivity contribution in [3.63, 3.8) is 0 Å². The van der Waals surface area contributed by atoms with E-state index in [0.29, 0.717) is 26.4 Å². The molecule has 0 aromatic heterocycles. The SMILES string of the molecule is [C-]#[N+]OCCCC(CCCCCCCC)C(OCC)(OCC)OCC. The molecule has 0 N–H and O–H groups in total. The molecular weight excluding hydrogens is 318 g/mol. The Bertz CT molecular complexity index is 313. The molecule has 5 heteroatoms. The van der Waals surface area contributed by atoms with Crippen LogP contribution in [0.15, 0.2) is 0 Å². The lowest BCUT2D eigenvalue weighted by molar-refractivity contribution is -0.403. The van der Waals surface area contributed by atoms with Crippen LogP contribution in [-0.2, 0) is 19.0 Å². The quantitative estimate of drug-likeness (QED) is 0.136. The standard InChI is InChI=1S/C20H39NO4/c1-6-10-11-12-13-14-16-19(17-15-18-25-21-5)20(22-7-2,23-8-3)24-9-4/h19H,6-18H2,1-4H3. The third-order valence-electron chi connectivity index (χ3n) is 4.30. The van der Waals surface area contributed by atoms with Gasteiger partial charge in [0.2, 0.25) is 0 Å². The first-order chi connectivity index (χ1) is 12.2. The van der Waals surface area contributed by atoms with Gasteiger partial charge >= 0.3 is 0 Å². The van der Waals surface area contributed by atoms with Crippen LogP contribution in [0.4, 0.5) is 0 Å². The van der Waals surface area contributed by atoms with E-state index in [1.807, 2.05) is 20.8 Å². The van der Waals surface area contributed by atoms with E-state index in [9.17, 15) is 0 Å². The first-order valence-corrected chi connectivity index (χ1v) is 10.1. The largest absolute Gasteiger partial charge is 0.328 e. The molecule has 0 aliphatic heterocycles. The van der Waals surface area contributed by atoms with Crippen LogP contribution in [0.5, 0.6) is 0 Å². The minimum atomic E-state index is -0.972. The Hall–Kier alpha value is -0.830. The Morgan fingerprint density at radius 3 is 1.80 bits per heavy atom. The lowest BCUT2D eigenvalue weighted by Crippen LogP contribution is -2.47. The molecule has 1 unspecified atom stereocenters. The van der Waals surface area contributed by atoms with Crippen molar-refractivity contribution in [2.24, 2.45) is 5.92 Å². The maximum absolute atomic E-state index is 6.73. The van der Waals surface area contributed by atoms with Gasteiger partial charge in [-0.3, -0.25) is 0 Å². The van der Waals surface area contributed by atoms with Crippen molar-refractivity contribution in [1.82, 2.24) is 0 Å². The number of hydrogen-bond acceptors (Lipinski definition) is 4. The molecule has 0 aromatic carbocycles. The van der Waals surface area contributed by atoms with Crippen LogP contribution in [0.1, 0.15) is 85.5 Å². The highest BCUT2D eigenvalue weighted by atomic mass is 16.9. The minimum absolute atomic E-state index is 0.146. The Labute approximate surface area is 155 Å². The number of ether oxygens (including phenoxy) is 3. The van der Waals surface area contributed by atoms with Crippen LogP contribution >= 0.6 is 0 Å². The Morgan fingerprint density at radius 2 is 1.28 bits per heavy atom. The van der Waals surface area contributed by atoms with Crippen LogP contribution in [0.3, 0.4) is 0 Å². The van der Waals surface area contributed by atoms with E-state index < -0.39 is 5.97 Å². The zero-order chi connectivity index (χ0) is 18.8. The van der Waals surface area contributed by atoms with E-state index in [4.69, 9.17) is 25.6 Å². The molecule has 0 aliphatic rings. The average molecular weight is 358 g/mol. The number of rotatable bonds is 18. The summed E-state index contributed by atoms with van der Waals surface area (Å²) in [5, 5.41) is 2.96. The highest BCUT2D eigenvalue weighted by molar-refractivity contribution is 4.73. The molecule has 1 atom stereocenters. The summed E-state index contributed by atoms with van der Waals surface area (Å²) in [6, 6.07) is 0. The summed E-state index contributed by atoms with van der Waals surface area (Å²) >= 11 is 0. The molecule has 5 nitrogen and oxygen atoms in total. The number of nitrogens with zero attached hydrogens (tertiary/aromatic N) is 1. The zero-order valence-electron chi connectivity index (χ0n) is 16.8. The van der Waals surface area contributed by atoms with Gasteiger partial charge in [0.1, 0.15) is 0 Å². The fourth-order valence-corrected chi connectivity index (χ4v) is 3.19. The van der Waals surface area contributed by atoms with Gasteiger partial charge in [-0.15, -0.1) is 0 Å². The van der Waals surface area contributed by atoms with Crippen molar-refractivity contribution in [2.45, 2.75) is 91.5 Å². The van der Waals surface area contributed by atoms with Gasteiger partial charge in [0.05, 0.1) is 0 Å². The summed E-state index contributed by atoms with van der Waals surface area (Å²) in [6.07, 6.45) is 10.2. The average Bonchev–Trinajstić information content (AvgIpc) is 2.60. The van der Waals surface area contributed by atoms with Crippen molar-refractivity contribution in [3.05, 3.63) is 11.6 Å². The molecule has 0 saturated carbocycles. The van der Waals surface area contributed by atoms with Gasteiger partial charge in [0.25, 0.3) is 5.97 Å². The smallest absolute Gasteiger partial charge is 0.285 e. The second-order valence-electron chi connectivity index (χ2n) is 6.22. The van der Waals surface area contributed by atoms with E-state index in [1.54, 1.807) is 0 Å². The molecule has 0 radical (unpaired) electrons. The summed E-state index contributed by atoms with van der Waals surface area (Å²) in [5.74, 6) is -0.826. The van der Waals surface area contributed by atoms with Crippen LogP contribution in [0.25, 0.3) is 5.01 Å². The second kappa shape index (κ2) is 16.6. The molecule has 0 saturated heterocycles. The summed E-state index contributed by atoms with van der Waals surface area (Å²) in [6.45, 7) is 17.0. The van der Waals surface area contributed by atoms with Gasteiger partial charge in [-0.2, -0.15) is 11.4 Å². The molecule has 0 aliphatic carbocycles. The fraction of sp³-hybridized carbons (Fsp3) is 0.950. The van der Waals surface area contributed by atoms with Crippen molar-refractivity contribution in [2.75, 3.05) is 26.4 Å². The molecule has 0 bridgehead atoms. The van der Waals surface area contributed by atoms with E-state index in [1.165, 1.54) is 32.1 Å². The topological polar surface area (TPSA) is 41.3 Å². The summed E-state index contributed by atoms with van der Waals surface area (Å²) in [7, 11) is 0. The van der Waals surface area contributed by atoms with Crippen molar-refractivity contribution in [3.8, 4) is 0 Å². The maximum atomic E-state index is 6.73. The van der Waals surface area contributed by atoms with Crippen LogP contribution < -0.4 is 0 Å². The molecule has 0 aromatic rings. The third-order valence-corrected chi connectivity index (χ3v) is 4.30. The number of hydrogen-bond donors (Lipinski definition) is 0. The molecule has 0 rings (SSSR count). The van der Waals surface area contributed by atoms with E-state index in [2.05, 4.69) is 11.9 Å². The predicted octanol–water partition coefficient (Wildman–Crippen LogP) is 5.75. The highest BCUT2D eigenvalue weighted by Gasteiger charge is 2.41. The lowest BCUT2D eigenvalue weighted by atomic mass is 9.93. The normalized spacial score (nSPS) is 12.8. The lowest BCUT2D eigenvalue weighted by Gasteiger charge is -2.39. The van der Waals surface area contributed by atoms with Gasteiger partial charge in [0.15, 0.2) is 6.61 Å². The molecule has 0 spiro atoms. The Balaban J connectivity index is 4.79. The third kappa shape index (κ3) is 10.7. The van der Waals surface area contributed by atoms with E-state index in [-0.39, 0.29) is 5.92 Å². The van der Waals surface area contributed by atoms with Crippen molar-refractivity contribution in [1.29, 1.82) is 0 Å². The maximum Gasteiger partial charge on any atom is 0.285 e. The molecule has 0 fully saturated rings. The van der Waals surface area contributed by atoms with Crippen LogP contribution in [-0.4, -0.2) is 32.4 Å². The first kappa shape index (κ1) is 24.2. The zero-order valence-corrected chi connectivity index (χ0v) is 16.8. The minimum Gasteiger partial charge on any atom is -0.328 e. The molecular formula is C20H39NO4. The van der Waals surface area contributed by atoms with Crippen LogP contribution in [0.2, 0.25) is 0 Å². The summed E-state index contributed by atoms with van der Waals surface area (Å²) in [5.41, 5.74) is 0. The molecule has 0 amide bonds. The highest BCUT2D eigenvalue weighted by Crippen LogP contribution is 2.34. The van der Waals surface area contributed by atoms with Gasteiger partial charge in [-0.1, -0.05) is 45.4 Å². The van der Waals surface area contributed by atoms with Crippen molar-refractivity contribution < 1.29 is 19.0 Å². The molecule has 25 heavy (non-hydrogen) atoms. The Kier molecular flexibility index (Phi) is 16.1. The number of unbranched alkanes of at least 4 members (excludes halogenated alkanes) is 5. The van der Waals surface area contributed by atoms with Gasteiger partial charge in [0, 0.05) is 25.7 Å². The predicted molar refractivity (Wildman–Crippen MR) is 101 cm³/mol. The van der Waals surface area contributed by atoms with Crippen LogP contribution in [0, 0.1) is 12.5 Å². The fourth-order valence-electron chi connectivity index (χ4n) is 3.19. The second-order valence-corrected chi connectivity index (χ2v) is 6.22. The van der Waals surface area contributed by atoms with Gasteiger partial charge < -0.3 is 14.2 Å². The van der Waals surface area contributed by atoms with Gasteiger partial charge in [-0.25, -0.2) is 0 Å². The molecule has 0 heterocycles. The summed E-state index contributed by atoms with van der Waals surface area (Å²) < 4.78 is 17.9. The monoisotopic (exact) mass is 357 g/mol. The van der Waals surface area contributed by atoms with Gasteiger partial charge in [-0.05, 0) is 45.0 Å². The first-order valence-electron chi connectivity index (χ1n) is 10.1. The molecule has 148 valence electrons. The van der Waals surface area contributed by atoms with Crippen molar-refractivity contribution >= 4 is 0 Å². The Morgan fingerprint density at radius 1 is 0.760 bits per heavy atom. The van der Waals surface area contributed by atoms with E-state index >= 15 is 0 Å². The van der Waals surface area contributed by atoms with E-state index in [0.717, 1.165) is 25.7 Å². The summed E-state index contributed by atoms with van der Waals surface area (Å²) in [4.78, 5) is 4.82.